The van der Waals surface area contributed by atoms with Gasteiger partial charge in [0.1, 0.15) is 36.6 Å². The van der Waals surface area contributed by atoms with Crippen LogP contribution in [0.25, 0.3) is 0 Å². The zero-order valence-corrected chi connectivity index (χ0v) is 20.7. The Bertz CT molecular complexity index is 1070. The molecule has 6 atom stereocenters. The fraction of sp³-hybridized carbons (Fsp3) is 0.400. The van der Waals surface area contributed by atoms with Crippen LogP contribution in [0, 0.1) is 0 Å². The summed E-state index contributed by atoms with van der Waals surface area (Å²) in [6.07, 6.45) is -3.81. The van der Waals surface area contributed by atoms with Crippen molar-refractivity contribution in [2.24, 2.45) is 0 Å². The third kappa shape index (κ3) is 5.86. The summed E-state index contributed by atoms with van der Waals surface area (Å²) in [6.45, 7) is 4.80. The van der Waals surface area contributed by atoms with Crippen LogP contribution in [0.2, 0.25) is 0 Å². The van der Waals surface area contributed by atoms with Gasteiger partial charge in [0.25, 0.3) is 0 Å². The highest BCUT2D eigenvalue weighted by molar-refractivity contribution is 5.16. The monoisotopic (exact) mass is 490 g/mol. The molecule has 0 amide bonds. The van der Waals surface area contributed by atoms with Gasteiger partial charge in [-0.2, -0.15) is 0 Å². The van der Waals surface area contributed by atoms with E-state index in [0.29, 0.717) is 19.8 Å². The average molecular weight is 491 g/mol. The molecule has 36 heavy (non-hydrogen) atoms. The van der Waals surface area contributed by atoms with E-state index in [2.05, 4.69) is 0 Å². The second kappa shape index (κ2) is 11.2. The van der Waals surface area contributed by atoms with Crippen LogP contribution in [0.4, 0.5) is 0 Å². The van der Waals surface area contributed by atoms with E-state index in [0.717, 1.165) is 16.7 Å². The number of hydrogen-bond donors (Lipinski definition) is 1. The van der Waals surface area contributed by atoms with Gasteiger partial charge in [0.05, 0.1) is 19.8 Å². The molecule has 2 fully saturated rings. The highest BCUT2D eigenvalue weighted by Gasteiger charge is 2.59. The van der Waals surface area contributed by atoms with Gasteiger partial charge in [0.2, 0.25) is 0 Å². The summed E-state index contributed by atoms with van der Waals surface area (Å²) in [5.74, 6) is -0.841. The van der Waals surface area contributed by atoms with Crippen molar-refractivity contribution in [3.8, 4) is 0 Å². The summed E-state index contributed by atoms with van der Waals surface area (Å²) in [4.78, 5) is 0. The highest BCUT2D eigenvalue weighted by Crippen LogP contribution is 2.41. The molecule has 6 heteroatoms. The second-order valence-electron chi connectivity index (χ2n) is 9.84. The molecule has 1 aliphatic carbocycles. The van der Waals surface area contributed by atoms with Gasteiger partial charge in [-0.3, -0.25) is 0 Å². The summed E-state index contributed by atoms with van der Waals surface area (Å²) in [5.41, 5.74) is 3.06. The molecule has 1 aliphatic heterocycles. The lowest BCUT2D eigenvalue weighted by Gasteiger charge is -2.44. The molecular formula is C30H34O6. The molecule has 1 heterocycles. The quantitative estimate of drug-likeness (QED) is 0.472. The normalized spacial score (nSPS) is 29.1. The summed E-state index contributed by atoms with van der Waals surface area (Å²) in [7, 11) is 0. The SMILES string of the molecule is CC1(C)OC2[C@H](O1)C(OCc1ccccc1)[C@@H](O)[C@H](OCc1ccccc1)[C@@H]2OCc1ccccc1. The van der Waals surface area contributed by atoms with E-state index < -0.39 is 42.4 Å². The third-order valence-electron chi connectivity index (χ3n) is 6.66. The van der Waals surface area contributed by atoms with Crippen LogP contribution in [-0.2, 0) is 43.5 Å². The first-order valence-electron chi connectivity index (χ1n) is 12.5. The van der Waals surface area contributed by atoms with Crippen LogP contribution in [-0.4, -0.2) is 47.5 Å². The molecule has 3 aromatic rings. The minimum atomic E-state index is -0.975. The maximum atomic E-state index is 11.6. The Morgan fingerprint density at radius 2 is 0.944 bits per heavy atom. The topological polar surface area (TPSA) is 66.4 Å². The zero-order valence-electron chi connectivity index (χ0n) is 20.7. The van der Waals surface area contributed by atoms with Crippen molar-refractivity contribution in [2.75, 3.05) is 0 Å². The lowest BCUT2D eigenvalue weighted by molar-refractivity contribution is -0.238. The molecule has 0 radical (unpaired) electrons. The fourth-order valence-corrected chi connectivity index (χ4v) is 4.96. The predicted molar refractivity (Wildman–Crippen MR) is 135 cm³/mol. The maximum Gasteiger partial charge on any atom is 0.164 e. The third-order valence-corrected chi connectivity index (χ3v) is 6.66. The molecule has 190 valence electrons. The number of aliphatic hydroxyl groups is 1. The molecule has 3 aromatic carbocycles. The molecule has 1 N–H and O–H groups in total. The van der Waals surface area contributed by atoms with Gasteiger partial charge in [0.15, 0.2) is 5.79 Å². The first-order chi connectivity index (χ1) is 17.5. The van der Waals surface area contributed by atoms with Crippen molar-refractivity contribution in [1.82, 2.24) is 0 Å². The van der Waals surface area contributed by atoms with E-state index in [-0.39, 0.29) is 0 Å². The molecule has 5 rings (SSSR count). The Hall–Kier alpha value is -2.58. The van der Waals surface area contributed by atoms with Crippen LogP contribution in [0.3, 0.4) is 0 Å². The fourth-order valence-electron chi connectivity index (χ4n) is 4.96. The first-order valence-corrected chi connectivity index (χ1v) is 12.5. The Morgan fingerprint density at radius 3 is 1.39 bits per heavy atom. The molecule has 6 nitrogen and oxygen atoms in total. The van der Waals surface area contributed by atoms with Crippen LogP contribution < -0.4 is 0 Å². The molecule has 2 aliphatic rings. The summed E-state index contributed by atoms with van der Waals surface area (Å²) >= 11 is 0. The zero-order chi connectivity index (χ0) is 25.0. The Balaban J connectivity index is 1.40. The van der Waals surface area contributed by atoms with Gasteiger partial charge in [0, 0.05) is 0 Å². The number of fused-ring (bicyclic) bond motifs is 1. The standard InChI is InChI=1S/C30H34O6/c1-30(2)35-28-26(33-19-22-14-8-4-9-15-22)24(31)25(32-18-21-12-6-3-7-13-21)27(29(28)36-30)34-20-23-16-10-5-11-17-23/h3-17,24-29,31H,18-20H2,1-2H3/t24-,25-,26?,27-,28+,29?/m0/s1. The molecular weight excluding hydrogens is 456 g/mol. The lowest BCUT2D eigenvalue weighted by atomic mass is 9.84. The Morgan fingerprint density at radius 1 is 0.583 bits per heavy atom. The van der Waals surface area contributed by atoms with E-state index in [9.17, 15) is 5.11 Å². The maximum absolute atomic E-state index is 11.6. The van der Waals surface area contributed by atoms with Crippen LogP contribution >= 0.6 is 0 Å². The second-order valence-corrected chi connectivity index (χ2v) is 9.84. The van der Waals surface area contributed by atoms with Gasteiger partial charge in [-0.25, -0.2) is 0 Å². The minimum absolute atomic E-state index is 0.334. The van der Waals surface area contributed by atoms with Crippen LogP contribution in [0.5, 0.6) is 0 Å². The Kier molecular flexibility index (Phi) is 7.82. The van der Waals surface area contributed by atoms with Crippen molar-refractivity contribution in [1.29, 1.82) is 0 Å². The first kappa shape index (κ1) is 25.1. The van der Waals surface area contributed by atoms with Crippen molar-refractivity contribution < 1.29 is 28.8 Å². The summed E-state index contributed by atoms with van der Waals surface area (Å²) in [6, 6.07) is 29.8. The number of benzene rings is 3. The van der Waals surface area contributed by atoms with Gasteiger partial charge < -0.3 is 28.8 Å². The van der Waals surface area contributed by atoms with Crippen LogP contribution in [0.1, 0.15) is 30.5 Å². The van der Waals surface area contributed by atoms with Crippen molar-refractivity contribution in [2.45, 2.75) is 76.1 Å². The smallest absolute Gasteiger partial charge is 0.164 e. The van der Waals surface area contributed by atoms with Crippen molar-refractivity contribution >= 4 is 0 Å². The highest BCUT2D eigenvalue weighted by atomic mass is 16.8. The van der Waals surface area contributed by atoms with E-state index in [1.165, 1.54) is 0 Å². The molecule has 0 aromatic heterocycles. The average Bonchev–Trinajstić information content (AvgIpc) is 3.22. The van der Waals surface area contributed by atoms with E-state index in [1.807, 2.05) is 105 Å². The number of hydrogen-bond acceptors (Lipinski definition) is 6. The summed E-state index contributed by atoms with van der Waals surface area (Å²) < 4.78 is 31.7. The van der Waals surface area contributed by atoms with E-state index >= 15 is 0 Å². The predicted octanol–water partition coefficient (Wildman–Crippen LogP) is 4.64. The van der Waals surface area contributed by atoms with E-state index in [1.54, 1.807) is 0 Å². The summed E-state index contributed by atoms with van der Waals surface area (Å²) in [5, 5.41) is 11.6. The Labute approximate surface area is 212 Å². The van der Waals surface area contributed by atoms with Gasteiger partial charge in [-0.15, -0.1) is 0 Å². The van der Waals surface area contributed by atoms with E-state index in [4.69, 9.17) is 23.7 Å². The molecule has 0 spiro atoms. The van der Waals surface area contributed by atoms with Crippen LogP contribution in [0.15, 0.2) is 91.0 Å². The molecule has 1 saturated heterocycles. The molecule has 1 saturated carbocycles. The number of rotatable bonds is 9. The minimum Gasteiger partial charge on any atom is -0.387 e. The molecule has 2 unspecified atom stereocenters. The van der Waals surface area contributed by atoms with Gasteiger partial charge >= 0.3 is 0 Å². The van der Waals surface area contributed by atoms with Crippen molar-refractivity contribution in [3.05, 3.63) is 108 Å². The largest absolute Gasteiger partial charge is 0.387 e. The van der Waals surface area contributed by atoms with Gasteiger partial charge in [-0.05, 0) is 30.5 Å². The number of ether oxygens (including phenoxy) is 5. The van der Waals surface area contributed by atoms with Gasteiger partial charge in [-0.1, -0.05) is 91.0 Å². The lowest BCUT2D eigenvalue weighted by Crippen LogP contribution is -2.64. The van der Waals surface area contributed by atoms with Crippen molar-refractivity contribution in [3.63, 3.8) is 0 Å². The molecule has 0 bridgehead atoms. The number of aliphatic hydroxyl groups excluding tert-OH is 1.